The summed E-state index contributed by atoms with van der Waals surface area (Å²) < 4.78 is 5.23. The van der Waals surface area contributed by atoms with E-state index in [1.807, 2.05) is 18.2 Å². The maximum absolute atomic E-state index is 12.2. The van der Waals surface area contributed by atoms with Crippen LogP contribution in [-0.4, -0.2) is 24.5 Å². The highest BCUT2D eigenvalue weighted by Gasteiger charge is 2.19. The number of carbonyl (C=O) groups excluding carboxylic acids is 2. The van der Waals surface area contributed by atoms with Crippen LogP contribution in [0.5, 0.6) is 0 Å². The zero-order valence-corrected chi connectivity index (χ0v) is 15.8. The van der Waals surface area contributed by atoms with Crippen LogP contribution >= 0.6 is 11.6 Å². The summed E-state index contributed by atoms with van der Waals surface area (Å²) in [4.78, 5) is 24.2. The largest absolute Gasteiger partial charge is 0.452 e. The van der Waals surface area contributed by atoms with Crippen molar-refractivity contribution in [3.05, 3.63) is 70.7 Å². The molecule has 2 aromatic carbocycles. The molecule has 0 aliphatic rings. The van der Waals surface area contributed by atoms with Crippen LogP contribution in [-0.2, 0) is 20.7 Å². The van der Waals surface area contributed by atoms with Crippen LogP contribution in [0, 0.1) is 0 Å². The molecule has 0 saturated heterocycles. The minimum atomic E-state index is -0.830. The van der Waals surface area contributed by atoms with Crippen LogP contribution in [0.2, 0.25) is 5.02 Å². The second kappa shape index (κ2) is 9.97. The van der Waals surface area contributed by atoms with Gasteiger partial charge in [0.1, 0.15) is 0 Å². The van der Waals surface area contributed by atoms with Crippen LogP contribution in [0.15, 0.2) is 54.6 Å². The van der Waals surface area contributed by atoms with Gasteiger partial charge >= 0.3 is 5.97 Å². The van der Waals surface area contributed by atoms with Gasteiger partial charge in [0.15, 0.2) is 6.10 Å². The van der Waals surface area contributed by atoms with Gasteiger partial charge in [-0.1, -0.05) is 61.0 Å². The topological polar surface area (TPSA) is 55.4 Å². The van der Waals surface area contributed by atoms with Crippen molar-refractivity contribution in [2.24, 2.45) is 0 Å². The molecule has 4 nitrogen and oxygen atoms in total. The summed E-state index contributed by atoms with van der Waals surface area (Å²) in [6.45, 7) is 4.18. The first-order valence-corrected chi connectivity index (χ1v) is 9.14. The number of halogens is 1. The second-order valence-corrected chi connectivity index (χ2v) is 6.63. The number of hydrogen-bond acceptors (Lipinski definition) is 3. The van der Waals surface area contributed by atoms with Crippen molar-refractivity contribution >= 4 is 23.5 Å². The lowest BCUT2D eigenvalue weighted by Gasteiger charge is -2.18. The van der Waals surface area contributed by atoms with Crippen molar-refractivity contribution < 1.29 is 14.3 Å². The Balaban J connectivity index is 1.81. The molecule has 26 heavy (non-hydrogen) atoms. The lowest BCUT2D eigenvalue weighted by Crippen LogP contribution is -2.38. The third kappa shape index (κ3) is 6.19. The Morgan fingerprint density at radius 1 is 1.08 bits per heavy atom. The second-order valence-electron chi connectivity index (χ2n) is 6.20. The molecule has 1 amide bonds. The summed E-state index contributed by atoms with van der Waals surface area (Å²) in [7, 11) is 0. The Kier molecular flexibility index (Phi) is 7.67. The fourth-order valence-corrected chi connectivity index (χ4v) is 2.78. The molecule has 138 valence electrons. The Morgan fingerprint density at radius 2 is 1.73 bits per heavy atom. The van der Waals surface area contributed by atoms with Gasteiger partial charge in [-0.25, -0.2) is 0 Å². The molecule has 0 bridgehead atoms. The maximum Gasteiger partial charge on any atom is 0.311 e. The summed E-state index contributed by atoms with van der Waals surface area (Å²) in [5, 5.41) is 3.48. The first-order chi connectivity index (χ1) is 12.5. The summed E-state index contributed by atoms with van der Waals surface area (Å²) in [5.41, 5.74) is 1.98. The van der Waals surface area contributed by atoms with Gasteiger partial charge in [0.05, 0.1) is 6.42 Å². The smallest absolute Gasteiger partial charge is 0.311 e. The maximum atomic E-state index is 12.2. The standard InChI is InChI=1S/C21H24ClNO3/c1-3-17(18-7-5-4-6-8-18)14-23-21(25)15(2)26-20(24)13-16-9-11-19(22)12-10-16/h4-12,15,17H,3,13-14H2,1-2H3,(H,23,25)/t15-,17+/m1/s1. The highest BCUT2D eigenvalue weighted by atomic mass is 35.5. The van der Waals surface area contributed by atoms with E-state index in [1.54, 1.807) is 31.2 Å². The summed E-state index contributed by atoms with van der Waals surface area (Å²) >= 11 is 5.82. The Bertz CT molecular complexity index is 716. The highest BCUT2D eigenvalue weighted by Crippen LogP contribution is 2.18. The third-order valence-corrected chi connectivity index (χ3v) is 4.48. The van der Waals surface area contributed by atoms with E-state index in [2.05, 4.69) is 24.4 Å². The lowest BCUT2D eigenvalue weighted by atomic mass is 9.96. The molecule has 0 aliphatic carbocycles. The average molecular weight is 374 g/mol. The Labute approximate surface area is 159 Å². The predicted octanol–water partition coefficient (Wildman–Crippen LogP) is 4.12. The number of nitrogens with one attached hydrogen (secondary N) is 1. The molecule has 0 heterocycles. The molecule has 0 saturated carbocycles. The van der Waals surface area contributed by atoms with E-state index in [9.17, 15) is 9.59 Å². The average Bonchev–Trinajstić information content (AvgIpc) is 2.64. The molecule has 0 fully saturated rings. The first-order valence-electron chi connectivity index (χ1n) is 8.76. The van der Waals surface area contributed by atoms with Crippen LogP contribution in [0.1, 0.15) is 37.3 Å². The number of esters is 1. The van der Waals surface area contributed by atoms with E-state index < -0.39 is 12.1 Å². The Hall–Kier alpha value is -2.33. The number of carbonyl (C=O) groups is 2. The summed E-state index contributed by atoms with van der Waals surface area (Å²) in [5.74, 6) is -0.494. The summed E-state index contributed by atoms with van der Waals surface area (Å²) in [6.07, 6.45) is 0.189. The normalized spacial score (nSPS) is 12.9. The van der Waals surface area contributed by atoms with Crippen molar-refractivity contribution in [2.75, 3.05) is 6.54 Å². The Morgan fingerprint density at radius 3 is 2.35 bits per heavy atom. The molecular formula is C21H24ClNO3. The number of hydrogen-bond donors (Lipinski definition) is 1. The molecule has 0 unspecified atom stereocenters. The van der Waals surface area contributed by atoms with Crippen molar-refractivity contribution in [1.82, 2.24) is 5.32 Å². The summed E-state index contributed by atoms with van der Waals surface area (Å²) in [6, 6.07) is 17.0. The lowest BCUT2D eigenvalue weighted by molar-refractivity contribution is -0.154. The SMILES string of the molecule is CC[C@@H](CNC(=O)[C@@H](C)OC(=O)Cc1ccc(Cl)cc1)c1ccccc1. The monoisotopic (exact) mass is 373 g/mol. The fourth-order valence-electron chi connectivity index (χ4n) is 2.65. The fraction of sp³-hybridized carbons (Fsp3) is 0.333. The molecule has 0 radical (unpaired) electrons. The van der Waals surface area contributed by atoms with E-state index >= 15 is 0 Å². The van der Waals surface area contributed by atoms with Gasteiger partial charge in [0.2, 0.25) is 0 Å². The van der Waals surface area contributed by atoms with Crippen LogP contribution in [0.4, 0.5) is 0 Å². The quantitative estimate of drug-likeness (QED) is 0.708. The van der Waals surface area contributed by atoms with Gasteiger partial charge < -0.3 is 10.1 Å². The van der Waals surface area contributed by atoms with Crippen LogP contribution < -0.4 is 5.32 Å². The molecule has 5 heteroatoms. The number of benzene rings is 2. The van der Waals surface area contributed by atoms with Crippen molar-refractivity contribution in [3.63, 3.8) is 0 Å². The van der Waals surface area contributed by atoms with Gasteiger partial charge in [-0.15, -0.1) is 0 Å². The van der Waals surface area contributed by atoms with Crippen molar-refractivity contribution in [2.45, 2.75) is 38.7 Å². The molecule has 0 spiro atoms. The molecule has 2 aromatic rings. The molecule has 0 aromatic heterocycles. The van der Waals surface area contributed by atoms with Crippen LogP contribution in [0.3, 0.4) is 0 Å². The van der Waals surface area contributed by atoms with Crippen LogP contribution in [0.25, 0.3) is 0 Å². The van der Waals surface area contributed by atoms with Gasteiger partial charge in [-0.05, 0) is 36.6 Å². The molecule has 0 aliphatic heterocycles. The predicted molar refractivity (Wildman–Crippen MR) is 103 cm³/mol. The third-order valence-electron chi connectivity index (χ3n) is 4.23. The number of ether oxygens (including phenoxy) is 1. The molecule has 2 rings (SSSR count). The highest BCUT2D eigenvalue weighted by molar-refractivity contribution is 6.30. The van der Waals surface area contributed by atoms with E-state index in [1.165, 1.54) is 5.56 Å². The van der Waals surface area contributed by atoms with Crippen molar-refractivity contribution in [1.29, 1.82) is 0 Å². The molecule has 2 atom stereocenters. The van der Waals surface area contributed by atoms with E-state index in [4.69, 9.17) is 16.3 Å². The molecular weight excluding hydrogens is 350 g/mol. The molecule has 1 N–H and O–H groups in total. The van der Waals surface area contributed by atoms with E-state index in [0.29, 0.717) is 11.6 Å². The van der Waals surface area contributed by atoms with Gasteiger partial charge in [0.25, 0.3) is 5.91 Å². The van der Waals surface area contributed by atoms with Gasteiger partial charge in [0, 0.05) is 17.5 Å². The number of amides is 1. The minimum absolute atomic E-state index is 0.108. The number of rotatable bonds is 8. The van der Waals surface area contributed by atoms with E-state index in [-0.39, 0.29) is 18.2 Å². The zero-order chi connectivity index (χ0) is 18.9. The van der Waals surface area contributed by atoms with Gasteiger partial charge in [-0.2, -0.15) is 0 Å². The van der Waals surface area contributed by atoms with Crippen molar-refractivity contribution in [3.8, 4) is 0 Å². The zero-order valence-electron chi connectivity index (χ0n) is 15.1. The van der Waals surface area contributed by atoms with Gasteiger partial charge in [-0.3, -0.25) is 9.59 Å². The first kappa shape index (κ1) is 20.0. The minimum Gasteiger partial charge on any atom is -0.452 e. The van der Waals surface area contributed by atoms with E-state index in [0.717, 1.165) is 12.0 Å².